The van der Waals surface area contributed by atoms with Gasteiger partial charge in [-0.05, 0) is 18.0 Å². The number of aliphatic hydroxyl groups excluding tert-OH is 1. The second-order valence-electron chi connectivity index (χ2n) is 6.56. The summed E-state index contributed by atoms with van der Waals surface area (Å²) in [6.07, 6.45) is 1.92. The lowest BCUT2D eigenvalue weighted by atomic mass is 9.96. The largest absolute Gasteiger partial charge is 0.385 e. The van der Waals surface area contributed by atoms with E-state index >= 15 is 0 Å². The molecule has 0 fully saturated rings. The van der Waals surface area contributed by atoms with Gasteiger partial charge < -0.3 is 5.11 Å². The van der Waals surface area contributed by atoms with Crippen LogP contribution in [0, 0.1) is 5.92 Å². The summed E-state index contributed by atoms with van der Waals surface area (Å²) in [5, 5.41) is 10.2. The van der Waals surface area contributed by atoms with Crippen LogP contribution in [0.15, 0.2) is 43.0 Å². The van der Waals surface area contributed by atoms with Crippen LogP contribution in [0.25, 0.3) is 0 Å². The lowest BCUT2D eigenvalue weighted by Crippen LogP contribution is -2.34. The molecule has 0 saturated carbocycles. The van der Waals surface area contributed by atoms with E-state index in [-0.39, 0.29) is 11.7 Å². The maximum absolute atomic E-state index is 12.1. The molecule has 1 aromatic rings. The molecule has 0 unspecified atom stereocenters. The Morgan fingerprint density at radius 3 is 2.40 bits per heavy atom. The summed E-state index contributed by atoms with van der Waals surface area (Å²) >= 11 is 0. The standard InChI is InChI=1S/C17H26O2Si/c1-5-15(13-20(2,3)4)17(19)16(18)12-11-14-9-7-6-8-10-14/h5-10,15,17,19H,1,11-13H2,2-4H3/t15-,17-/m1/s1. The predicted molar refractivity (Wildman–Crippen MR) is 87.6 cm³/mol. The second-order valence-corrected chi connectivity index (χ2v) is 12.1. The molecule has 110 valence electrons. The molecule has 20 heavy (non-hydrogen) atoms. The lowest BCUT2D eigenvalue weighted by Gasteiger charge is -2.25. The Balaban J connectivity index is 2.55. The molecule has 3 heteroatoms. The zero-order chi connectivity index (χ0) is 15.2. The normalized spacial score (nSPS) is 14.6. The van der Waals surface area contributed by atoms with Crippen molar-refractivity contribution in [2.75, 3.05) is 0 Å². The third-order valence-electron chi connectivity index (χ3n) is 3.39. The third kappa shape index (κ3) is 5.84. The van der Waals surface area contributed by atoms with Gasteiger partial charge in [-0.2, -0.15) is 0 Å². The molecular weight excluding hydrogens is 264 g/mol. The Bertz CT molecular complexity index is 434. The fourth-order valence-electron chi connectivity index (χ4n) is 2.33. The molecular formula is C17H26O2Si. The minimum atomic E-state index is -1.32. The predicted octanol–water partition coefficient (Wildman–Crippen LogP) is 3.69. The van der Waals surface area contributed by atoms with Gasteiger partial charge in [0, 0.05) is 20.4 Å². The van der Waals surface area contributed by atoms with Gasteiger partial charge >= 0.3 is 0 Å². The SMILES string of the molecule is C=C[C@H](C[Si](C)(C)C)[C@@H](O)C(=O)CCc1ccccc1. The van der Waals surface area contributed by atoms with E-state index in [1.807, 2.05) is 30.3 Å². The number of Topliss-reactive ketones (excluding diaryl/α,β-unsaturated/α-hetero) is 1. The minimum Gasteiger partial charge on any atom is -0.385 e. The van der Waals surface area contributed by atoms with Crippen molar-refractivity contribution in [3.05, 3.63) is 48.6 Å². The highest BCUT2D eigenvalue weighted by Gasteiger charge is 2.28. The van der Waals surface area contributed by atoms with Crippen LogP contribution in [0.1, 0.15) is 12.0 Å². The van der Waals surface area contributed by atoms with Crippen LogP contribution in [-0.2, 0) is 11.2 Å². The average molecular weight is 290 g/mol. The fourth-order valence-corrected chi connectivity index (χ4v) is 4.13. The molecule has 0 saturated heterocycles. The highest BCUT2D eigenvalue weighted by molar-refractivity contribution is 6.76. The van der Waals surface area contributed by atoms with Gasteiger partial charge in [-0.25, -0.2) is 0 Å². The van der Waals surface area contributed by atoms with Crippen molar-refractivity contribution < 1.29 is 9.90 Å². The molecule has 1 aromatic carbocycles. The molecule has 1 rings (SSSR count). The van der Waals surface area contributed by atoms with Crippen LogP contribution in [0.4, 0.5) is 0 Å². The van der Waals surface area contributed by atoms with Crippen LogP contribution in [-0.4, -0.2) is 25.1 Å². The average Bonchev–Trinajstić information content (AvgIpc) is 2.41. The molecule has 0 aliphatic heterocycles. The number of carbonyl (C=O) groups excluding carboxylic acids is 1. The summed E-state index contributed by atoms with van der Waals surface area (Å²) in [5.41, 5.74) is 1.13. The topological polar surface area (TPSA) is 37.3 Å². The molecule has 1 N–H and O–H groups in total. The van der Waals surface area contributed by atoms with Gasteiger partial charge in [0.1, 0.15) is 6.10 Å². The molecule has 0 bridgehead atoms. The number of hydrogen-bond donors (Lipinski definition) is 1. The van der Waals surface area contributed by atoms with Crippen molar-refractivity contribution in [1.29, 1.82) is 0 Å². The number of rotatable bonds is 8. The first-order chi connectivity index (χ1) is 9.33. The van der Waals surface area contributed by atoms with E-state index in [1.54, 1.807) is 6.08 Å². The van der Waals surface area contributed by atoms with Crippen molar-refractivity contribution >= 4 is 13.9 Å². The van der Waals surface area contributed by atoms with Gasteiger partial charge in [0.05, 0.1) is 0 Å². The molecule has 0 aromatic heterocycles. The number of hydrogen-bond acceptors (Lipinski definition) is 2. The monoisotopic (exact) mass is 290 g/mol. The number of carbonyl (C=O) groups is 1. The molecule has 0 spiro atoms. The summed E-state index contributed by atoms with van der Waals surface area (Å²) < 4.78 is 0. The second kappa shape index (κ2) is 7.55. The molecule has 2 atom stereocenters. The zero-order valence-corrected chi connectivity index (χ0v) is 13.8. The summed E-state index contributed by atoms with van der Waals surface area (Å²) in [5.74, 6) is -0.179. The van der Waals surface area contributed by atoms with Gasteiger partial charge in [0.15, 0.2) is 5.78 Å². The number of aliphatic hydroxyl groups is 1. The molecule has 0 aliphatic carbocycles. The van der Waals surface area contributed by atoms with E-state index in [9.17, 15) is 9.90 Å². The molecule has 2 nitrogen and oxygen atoms in total. The van der Waals surface area contributed by atoms with Crippen LogP contribution in [0.2, 0.25) is 25.7 Å². The number of ketones is 1. The van der Waals surface area contributed by atoms with E-state index in [0.717, 1.165) is 11.6 Å². The van der Waals surface area contributed by atoms with Crippen LogP contribution < -0.4 is 0 Å². The van der Waals surface area contributed by atoms with E-state index in [0.29, 0.717) is 12.8 Å². The Labute approximate surface area is 123 Å². The highest BCUT2D eigenvalue weighted by atomic mass is 28.3. The zero-order valence-electron chi connectivity index (χ0n) is 12.8. The van der Waals surface area contributed by atoms with Gasteiger partial charge in [-0.15, -0.1) is 6.58 Å². The first kappa shape index (κ1) is 16.9. The quantitative estimate of drug-likeness (QED) is 0.585. The number of aryl methyl sites for hydroxylation is 1. The smallest absolute Gasteiger partial charge is 0.162 e. The van der Waals surface area contributed by atoms with Crippen LogP contribution in [0.3, 0.4) is 0 Å². The first-order valence-electron chi connectivity index (χ1n) is 7.21. The van der Waals surface area contributed by atoms with Gasteiger partial charge in [0.25, 0.3) is 0 Å². The number of benzene rings is 1. The Morgan fingerprint density at radius 1 is 1.30 bits per heavy atom. The molecule has 0 heterocycles. The van der Waals surface area contributed by atoms with Gasteiger partial charge in [-0.1, -0.05) is 56.0 Å². The maximum Gasteiger partial charge on any atom is 0.162 e. The Kier molecular flexibility index (Phi) is 6.37. The molecule has 0 amide bonds. The van der Waals surface area contributed by atoms with Gasteiger partial charge in [-0.3, -0.25) is 4.79 Å². The summed E-state index contributed by atoms with van der Waals surface area (Å²) in [4.78, 5) is 12.1. The molecule has 0 aliphatic rings. The van der Waals surface area contributed by atoms with Crippen molar-refractivity contribution in [3.63, 3.8) is 0 Å². The summed E-state index contributed by atoms with van der Waals surface area (Å²) in [7, 11) is -1.32. The third-order valence-corrected chi connectivity index (χ3v) is 5.09. The van der Waals surface area contributed by atoms with E-state index in [1.165, 1.54) is 0 Å². The van der Waals surface area contributed by atoms with Crippen molar-refractivity contribution in [2.24, 2.45) is 5.92 Å². The maximum atomic E-state index is 12.1. The van der Waals surface area contributed by atoms with Crippen molar-refractivity contribution in [2.45, 2.75) is 44.6 Å². The van der Waals surface area contributed by atoms with E-state index in [2.05, 4.69) is 26.2 Å². The fraction of sp³-hybridized carbons (Fsp3) is 0.471. The summed E-state index contributed by atoms with van der Waals surface area (Å²) in [6.45, 7) is 10.5. The van der Waals surface area contributed by atoms with Crippen molar-refractivity contribution in [3.8, 4) is 0 Å². The van der Waals surface area contributed by atoms with E-state index < -0.39 is 14.2 Å². The van der Waals surface area contributed by atoms with Gasteiger partial charge in [0.2, 0.25) is 0 Å². The Hall–Kier alpha value is -1.19. The van der Waals surface area contributed by atoms with E-state index in [4.69, 9.17) is 0 Å². The minimum absolute atomic E-state index is 0.0722. The van der Waals surface area contributed by atoms with Crippen LogP contribution >= 0.6 is 0 Å². The molecule has 0 radical (unpaired) electrons. The first-order valence-corrected chi connectivity index (χ1v) is 10.9. The van der Waals surface area contributed by atoms with Crippen LogP contribution in [0.5, 0.6) is 0 Å². The lowest BCUT2D eigenvalue weighted by molar-refractivity contribution is -0.128. The highest BCUT2D eigenvalue weighted by Crippen LogP contribution is 2.22. The van der Waals surface area contributed by atoms with Crippen molar-refractivity contribution in [1.82, 2.24) is 0 Å². The summed E-state index contributed by atoms with van der Waals surface area (Å²) in [6, 6.07) is 10.8. The Morgan fingerprint density at radius 2 is 1.90 bits per heavy atom.